The summed E-state index contributed by atoms with van der Waals surface area (Å²) in [6, 6.07) is 19.3. The fourth-order valence-corrected chi connectivity index (χ4v) is 3.61. The lowest BCUT2D eigenvalue weighted by atomic mass is 10.0. The third-order valence-electron chi connectivity index (χ3n) is 4.37. The molecular formula is C24H29NO3S. The Labute approximate surface area is 177 Å². The van der Waals surface area contributed by atoms with Crippen LogP contribution in [0.1, 0.15) is 50.7 Å². The van der Waals surface area contributed by atoms with Crippen LogP contribution in [0, 0.1) is 0 Å². The van der Waals surface area contributed by atoms with Crippen LogP contribution < -0.4 is 0 Å². The summed E-state index contributed by atoms with van der Waals surface area (Å²) >= 11 is 1.35. The van der Waals surface area contributed by atoms with E-state index in [0.717, 1.165) is 41.9 Å². The third kappa shape index (κ3) is 8.24. The van der Waals surface area contributed by atoms with Crippen LogP contribution >= 0.6 is 11.8 Å². The van der Waals surface area contributed by atoms with Gasteiger partial charge < -0.3 is 4.74 Å². The molecule has 0 radical (unpaired) electrons. The van der Waals surface area contributed by atoms with E-state index in [2.05, 4.69) is 0 Å². The highest BCUT2D eigenvalue weighted by atomic mass is 32.2. The van der Waals surface area contributed by atoms with E-state index in [1.54, 1.807) is 6.92 Å². The first-order valence-corrected chi connectivity index (χ1v) is 11.1. The zero-order valence-corrected chi connectivity index (χ0v) is 18.0. The number of hydrogen-bond acceptors (Lipinski definition) is 5. The van der Waals surface area contributed by atoms with Crippen molar-refractivity contribution >= 4 is 28.6 Å². The number of carbonyl (C=O) groups is 2. The molecule has 0 heterocycles. The molecule has 0 bridgehead atoms. The minimum Gasteiger partial charge on any atom is -0.464 e. The Bertz CT molecular complexity index is 749. The van der Waals surface area contributed by atoms with Gasteiger partial charge in [-0.3, -0.25) is 9.79 Å². The second-order valence-corrected chi connectivity index (χ2v) is 7.94. The molecule has 0 aromatic heterocycles. The minimum atomic E-state index is -0.536. The van der Waals surface area contributed by atoms with Gasteiger partial charge in [0.2, 0.25) is 0 Å². The van der Waals surface area contributed by atoms with Gasteiger partial charge in [-0.05, 0) is 19.8 Å². The quantitative estimate of drug-likeness (QED) is 0.286. The van der Waals surface area contributed by atoms with Crippen molar-refractivity contribution in [2.45, 2.75) is 45.6 Å². The Balaban J connectivity index is 2.18. The van der Waals surface area contributed by atoms with Crippen LogP contribution in [-0.2, 0) is 14.3 Å². The molecule has 4 nitrogen and oxygen atoms in total. The Kier molecular flexibility index (Phi) is 10.2. The van der Waals surface area contributed by atoms with Crippen molar-refractivity contribution < 1.29 is 14.3 Å². The summed E-state index contributed by atoms with van der Waals surface area (Å²) in [5.74, 6) is 0.539. The van der Waals surface area contributed by atoms with Crippen LogP contribution in [-0.4, -0.2) is 35.2 Å². The van der Waals surface area contributed by atoms with Gasteiger partial charge in [-0.1, -0.05) is 85.3 Å². The number of rotatable bonds is 11. The largest absolute Gasteiger partial charge is 0.464 e. The molecule has 0 saturated heterocycles. The van der Waals surface area contributed by atoms with Gasteiger partial charge in [0.1, 0.15) is 6.04 Å². The van der Waals surface area contributed by atoms with Crippen molar-refractivity contribution in [3.8, 4) is 0 Å². The number of benzene rings is 2. The van der Waals surface area contributed by atoms with Crippen LogP contribution in [0.3, 0.4) is 0 Å². The lowest BCUT2D eigenvalue weighted by Gasteiger charge is -2.15. The second-order valence-electron chi connectivity index (χ2n) is 6.67. The van der Waals surface area contributed by atoms with E-state index in [0.29, 0.717) is 13.0 Å². The Morgan fingerprint density at radius 1 is 0.931 bits per heavy atom. The smallest absolute Gasteiger partial charge is 0.330 e. The van der Waals surface area contributed by atoms with E-state index < -0.39 is 6.04 Å². The van der Waals surface area contributed by atoms with E-state index >= 15 is 0 Å². The van der Waals surface area contributed by atoms with Crippen molar-refractivity contribution in [1.82, 2.24) is 0 Å². The highest BCUT2D eigenvalue weighted by molar-refractivity contribution is 8.13. The van der Waals surface area contributed by atoms with Gasteiger partial charge in [0.25, 0.3) is 0 Å². The summed E-state index contributed by atoms with van der Waals surface area (Å²) in [5, 5.41) is 0.148. The highest BCUT2D eigenvalue weighted by Crippen LogP contribution is 2.17. The molecule has 29 heavy (non-hydrogen) atoms. The van der Waals surface area contributed by atoms with Crippen molar-refractivity contribution in [3.05, 3.63) is 71.8 Å². The summed E-state index contributed by atoms with van der Waals surface area (Å²) in [7, 11) is 0. The van der Waals surface area contributed by atoms with Gasteiger partial charge in [-0.15, -0.1) is 0 Å². The van der Waals surface area contributed by atoms with Crippen molar-refractivity contribution in [1.29, 1.82) is 0 Å². The predicted molar refractivity (Wildman–Crippen MR) is 121 cm³/mol. The minimum absolute atomic E-state index is 0.148. The van der Waals surface area contributed by atoms with E-state index in [-0.39, 0.29) is 11.1 Å². The van der Waals surface area contributed by atoms with E-state index in [1.807, 2.05) is 67.6 Å². The average Bonchev–Trinajstić information content (AvgIpc) is 2.74. The van der Waals surface area contributed by atoms with E-state index in [1.165, 1.54) is 11.8 Å². The van der Waals surface area contributed by atoms with Gasteiger partial charge in [-0.25, -0.2) is 4.79 Å². The van der Waals surface area contributed by atoms with Gasteiger partial charge in [0, 0.05) is 23.8 Å². The molecule has 0 aliphatic heterocycles. The number of esters is 1. The normalized spacial score (nSPS) is 11.5. The third-order valence-corrected chi connectivity index (χ3v) is 5.26. The Morgan fingerprint density at radius 2 is 1.52 bits per heavy atom. The molecule has 0 spiro atoms. The molecule has 2 rings (SSSR count). The molecule has 0 N–H and O–H groups in total. The molecule has 2 aromatic rings. The van der Waals surface area contributed by atoms with Crippen LogP contribution in [0.2, 0.25) is 0 Å². The first-order chi connectivity index (χ1) is 14.1. The van der Waals surface area contributed by atoms with Gasteiger partial charge >= 0.3 is 5.97 Å². The van der Waals surface area contributed by atoms with E-state index in [9.17, 15) is 9.59 Å². The Hall–Kier alpha value is -2.40. The summed E-state index contributed by atoms with van der Waals surface area (Å²) in [6.45, 7) is 3.74. The summed E-state index contributed by atoms with van der Waals surface area (Å²) in [6.07, 6.45) is 3.40. The summed E-state index contributed by atoms with van der Waals surface area (Å²) in [4.78, 5) is 28.5. The van der Waals surface area contributed by atoms with Crippen LogP contribution in [0.15, 0.2) is 65.7 Å². The molecule has 0 aliphatic rings. The predicted octanol–water partition coefficient (Wildman–Crippen LogP) is 5.30. The zero-order valence-electron chi connectivity index (χ0n) is 17.2. The molecule has 5 heteroatoms. The maximum Gasteiger partial charge on any atom is 0.330 e. The Morgan fingerprint density at radius 3 is 2.03 bits per heavy atom. The lowest BCUT2D eigenvalue weighted by molar-refractivity contribution is -0.144. The highest BCUT2D eigenvalue weighted by Gasteiger charge is 2.20. The zero-order chi connectivity index (χ0) is 20.9. The molecule has 1 unspecified atom stereocenters. The fourth-order valence-electron chi connectivity index (χ4n) is 2.97. The number of ether oxygens (including phenoxy) is 1. The number of aliphatic imine (C=N–C) groups is 1. The number of unbranched alkanes of at least 4 members (excludes halogenated alkanes) is 2. The number of hydrogen-bond donors (Lipinski definition) is 0. The number of carbonyl (C=O) groups excluding carboxylic acids is 2. The lowest BCUT2D eigenvalue weighted by Crippen LogP contribution is -2.24. The molecule has 0 amide bonds. The van der Waals surface area contributed by atoms with Crippen LogP contribution in [0.25, 0.3) is 0 Å². The molecular weight excluding hydrogens is 382 g/mol. The summed E-state index contributed by atoms with van der Waals surface area (Å²) < 4.78 is 5.29. The van der Waals surface area contributed by atoms with Crippen LogP contribution in [0.5, 0.6) is 0 Å². The maximum atomic E-state index is 12.6. The van der Waals surface area contributed by atoms with E-state index in [4.69, 9.17) is 9.73 Å². The molecule has 1 atom stereocenters. The van der Waals surface area contributed by atoms with Crippen molar-refractivity contribution in [2.24, 2.45) is 4.99 Å². The maximum absolute atomic E-state index is 12.6. The standard InChI is InChI=1S/C24H29NO3S/c1-3-28-24(27)22(17-11-6-12-18-29-19(2)26)25-23(20-13-7-4-8-14-20)21-15-9-5-10-16-21/h4-5,7-10,13-16,22H,3,6,11-12,17-18H2,1-2H3. The first kappa shape index (κ1) is 22.9. The van der Waals surface area contributed by atoms with Gasteiger partial charge in [-0.2, -0.15) is 0 Å². The van der Waals surface area contributed by atoms with Gasteiger partial charge in [0.05, 0.1) is 12.3 Å². The number of nitrogens with zero attached hydrogens (tertiary/aromatic N) is 1. The monoisotopic (exact) mass is 411 g/mol. The van der Waals surface area contributed by atoms with Crippen LogP contribution in [0.4, 0.5) is 0 Å². The van der Waals surface area contributed by atoms with Crippen molar-refractivity contribution in [2.75, 3.05) is 12.4 Å². The SMILES string of the molecule is CCOC(=O)C(CCCCCSC(C)=O)N=C(c1ccccc1)c1ccccc1. The van der Waals surface area contributed by atoms with Gasteiger partial charge in [0.15, 0.2) is 5.12 Å². The molecule has 0 fully saturated rings. The molecule has 154 valence electrons. The number of thioether (sulfide) groups is 1. The van der Waals surface area contributed by atoms with Crippen molar-refractivity contribution in [3.63, 3.8) is 0 Å². The topological polar surface area (TPSA) is 55.7 Å². The molecule has 2 aromatic carbocycles. The first-order valence-electron chi connectivity index (χ1n) is 10.1. The molecule has 0 aliphatic carbocycles. The fraction of sp³-hybridized carbons (Fsp3) is 0.375. The molecule has 0 saturated carbocycles. The second kappa shape index (κ2) is 12.9. The summed E-state index contributed by atoms with van der Waals surface area (Å²) in [5.41, 5.74) is 2.76. The average molecular weight is 412 g/mol.